The molecule has 0 bridgehead atoms. The van der Waals surface area contributed by atoms with Crippen molar-refractivity contribution in [3.8, 4) is 0 Å². The first kappa shape index (κ1) is 21.4. The summed E-state index contributed by atoms with van der Waals surface area (Å²) in [5.74, 6) is -0.142. The highest BCUT2D eigenvalue weighted by Gasteiger charge is 2.00. The largest absolute Gasteiger partial charge is 0.466 e. The van der Waals surface area contributed by atoms with Gasteiger partial charge in [-0.05, 0) is 19.8 Å². The molecule has 0 aliphatic rings. The topological polar surface area (TPSA) is 44.8 Å². The van der Waals surface area contributed by atoms with Gasteiger partial charge >= 0.3 is 5.97 Å². The predicted octanol–water partition coefficient (Wildman–Crippen LogP) is 4.50. The maximum Gasteiger partial charge on any atom is 0.305 e. The van der Waals surface area contributed by atoms with Crippen LogP contribution < -0.4 is 0 Å². The Hall–Kier alpha value is -0.610. The van der Waals surface area contributed by atoms with Gasteiger partial charge in [-0.2, -0.15) is 0 Å². The predicted molar refractivity (Wildman–Crippen MR) is 90.1 cm³/mol. The Morgan fingerprint density at radius 1 is 0.682 bits per heavy atom. The third-order valence-electron chi connectivity index (χ3n) is 3.49. The number of hydrogen-bond donors (Lipinski definition) is 0. The minimum absolute atomic E-state index is 0.142. The molecule has 0 saturated carbocycles. The van der Waals surface area contributed by atoms with Gasteiger partial charge in [0.2, 0.25) is 0 Å². The lowest BCUT2D eigenvalue weighted by Gasteiger charge is -2.06. The number of carbonyl (C=O) groups excluding carboxylic acids is 1. The van der Waals surface area contributed by atoms with E-state index >= 15 is 0 Å². The summed E-state index contributed by atoms with van der Waals surface area (Å²) in [5.41, 5.74) is 0. The second-order valence-corrected chi connectivity index (χ2v) is 5.61. The third-order valence-corrected chi connectivity index (χ3v) is 3.49. The molecule has 0 fully saturated rings. The van der Waals surface area contributed by atoms with Crippen molar-refractivity contribution in [1.29, 1.82) is 0 Å². The SMILES string of the molecule is CCCCCCCCCCOCCOCCCC(=O)OCC. The quantitative estimate of drug-likeness (QED) is 0.293. The summed E-state index contributed by atoms with van der Waals surface area (Å²) >= 11 is 0. The Morgan fingerprint density at radius 3 is 1.82 bits per heavy atom. The number of hydrogen-bond acceptors (Lipinski definition) is 4. The third kappa shape index (κ3) is 17.4. The first-order valence-electron chi connectivity index (χ1n) is 9.12. The monoisotopic (exact) mass is 316 g/mol. The molecule has 0 heterocycles. The Balaban J connectivity index is 3.01. The fourth-order valence-corrected chi connectivity index (χ4v) is 2.21. The molecular formula is C18H36O4. The van der Waals surface area contributed by atoms with E-state index in [1.54, 1.807) is 0 Å². The van der Waals surface area contributed by atoms with Gasteiger partial charge in [0.05, 0.1) is 19.8 Å². The van der Waals surface area contributed by atoms with E-state index < -0.39 is 0 Å². The van der Waals surface area contributed by atoms with Crippen LogP contribution >= 0.6 is 0 Å². The molecular weight excluding hydrogens is 280 g/mol. The molecule has 0 aliphatic carbocycles. The van der Waals surface area contributed by atoms with Crippen LogP contribution in [0.1, 0.15) is 78.1 Å². The van der Waals surface area contributed by atoms with E-state index in [0.717, 1.165) is 19.4 Å². The summed E-state index contributed by atoms with van der Waals surface area (Å²) in [6, 6.07) is 0. The van der Waals surface area contributed by atoms with E-state index in [2.05, 4.69) is 6.92 Å². The number of rotatable bonds is 17. The molecule has 0 aliphatic heterocycles. The fourth-order valence-electron chi connectivity index (χ4n) is 2.21. The maximum absolute atomic E-state index is 11.1. The van der Waals surface area contributed by atoms with E-state index in [0.29, 0.717) is 32.8 Å². The highest BCUT2D eigenvalue weighted by atomic mass is 16.5. The second kappa shape index (κ2) is 18.4. The van der Waals surface area contributed by atoms with Crippen LogP contribution in [0.5, 0.6) is 0 Å². The van der Waals surface area contributed by atoms with Crippen molar-refractivity contribution in [3.63, 3.8) is 0 Å². The van der Waals surface area contributed by atoms with Gasteiger partial charge in [0.15, 0.2) is 0 Å². The van der Waals surface area contributed by atoms with Crippen LogP contribution in [-0.4, -0.2) is 39.0 Å². The summed E-state index contributed by atoms with van der Waals surface area (Å²) in [6.45, 7) is 7.21. The van der Waals surface area contributed by atoms with Crippen LogP contribution in [0.2, 0.25) is 0 Å². The summed E-state index contributed by atoms with van der Waals surface area (Å²) in [6.07, 6.45) is 11.7. The lowest BCUT2D eigenvalue weighted by Crippen LogP contribution is -2.08. The average molecular weight is 316 g/mol. The first-order chi connectivity index (χ1) is 10.8. The molecule has 0 N–H and O–H groups in total. The van der Waals surface area contributed by atoms with Gasteiger partial charge in [-0.15, -0.1) is 0 Å². The molecule has 22 heavy (non-hydrogen) atoms. The van der Waals surface area contributed by atoms with E-state index in [-0.39, 0.29) is 5.97 Å². The van der Waals surface area contributed by atoms with Gasteiger partial charge in [-0.1, -0.05) is 51.9 Å². The van der Waals surface area contributed by atoms with Crippen LogP contribution in [-0.2, 0) is 19.0 Å². The number of esters is 1. The summed E-state index contributed by atoms with van der Waals surface area (Å²) in [5, 5.41) is 0. The van der Waals surface area contributed by atoms with Crippen molar-refractivity contribution in [3.05, 3.63) is 0 Å². The molecule has 0 aromatic heterocycles. The van der Waals surface area contributed by atoms with Crippen LogP contribution in [0.4, 0.5) is 0 Å². The highest BCUT2D eigenvalue weighted by molar-refractivity contribution is 5.69. The van der Waals surface area contributed by atoms with Crippen molar-refractivity contribution in [2.75, 3.05) is 33.0 Å². The molecule has 0 radical (unpaired) electrons. The molecule has 0 spiro atoms. The minimum Gasteiger partial charge on any atom is -0.466 e. The average Bonchev–Trinajstić information content (AvgIpc) is 2.51. The highest BCUT2D eigenvalue weighted by Crippen LogP contribution is 2.08. The fraction of sp³-hybridized carbons (Fsp3) is 0.944. The van der Waals surface area contributed by atoms with Crippen molar-refractivity contribution in [2.24, 2.45) is 0 Å². The van der Waals surface area contributed by atoms with Gasteiger partial charge in [-0.25, -0.2) is 0 Å². The summed E-state index contributed by atoms with van der Waals surface area (Å²) < 4.78 is 15.8. The van der Waals surface area contributed by atoms with Crippen molar-refractivity contribution < 1.29 is 19.0 Å². The van der Waals surface area contributed by atoms with Crippen LogP contribution in [0, 0.1) is 0 Å². The zero-order valence-electron chi connectivity index (χ0n) is 14.7. The Bertz CT molecular complexity index is 231. The van der Waals surface area contributed by atoms with Crippen LogP contribution in [0.15, 0.2) is 0 Å². The molecule has 4 heteroatoms. The summed E-state index contributed by atoms with van der Waals surface area (Å²) in [7, 11) is 0. The number of ether oxygens (including phenoxy) is 3. The molecule has 0 unspecified atom stereocenters. The molecule has 0 saturated heterocycles. The standard InChI is InChI=1S/C18H36O4/c1-3-5-6-7-8-9-10-11-14-20-16-17-21-15-12-13-18(19)22-4-2/h3-17H2,1-2H3. The number of unbranched alkanes of at least 4 members (excludes halogenated alkanes) is 7. The van der Waals surface area contributed by atoms with Gasteiger partial charge in [-0.3, -0.25) is 4.79 Å². The Labute approximate surface area is 136 Å². The smallest absolute Gasteiger partial charge is 0.305 e. The Morgan fingerprint density at radius 2 is 1.23 bits per heavy atom. The zero-order chi connectivity index (χ0) is 16.3. The van der Waals surface area contributed by atoms with Gasteiger partial charge in [0.1, 0.15) is 0 Å². The first-order valence-corrected chi connectivity index (χ1v) is 9.12. The molecule has 0 aromatic rings. The van der Waals surface area contributed by atoms with Crippen LogP contribution in [0.3, 0.4) is 0 Å². The van der Waals surface area contributed by atoms with Gasteiger partial charge in [0.25, 0.3) is 0 Å². The minimum atomic E-state index is -0.142. The molecule has 0 rings (SSSR count). The van der Waals surface area contributed by atoms with Gasteiger partial charge < -0.3 is 14.2 Å². The second-order valence-electron chi connectivity index (χ2n) is 5.61. The van der Waals surface area contributed by atoms with Gasteiger partial charge in [0, 0.05) is 19.6 Å². The number of carbonyl (C=O) groups is 1. The van der Waals surface area contributed by atoms with E-state index in [1.807, 2.05) is 6.92 Å². The van der Waals surface area contributed by atoms with Crippen LogP contribution in [0.25, 0.3) is 0 Å². The summed E-state index contributed by atoms with van der Waals surface area (Å²) in [4.78, 5) is 11.1. The molecule has 4 nitrogen and oxygen atoms in total. The van der Waals surface area contributed by atoms with Crippen molar-refractivity contribution in [1.82, 2.24) is 0 Å². The van der Waals surface area contributed by atoms with Crippen molar-refractivity contribution in [2.45, 2.75) is 78.1 Å². The Kier molecular flexibility index (Phi) is 17.9. The van der Waals surface area contributed by atoms with Crippen molar-refractivity contribution >= 4 is 5.97 Å². The van der Waals surface area contributed by atoms with E-state index in [1.165, 1.54) is 44.9 Å². The molecule has 0 atom stereocenters. The zero-order valence-corrected chi connectivity index (χ0v) is 14.7. The normalized spacial score (nSPS) is 10.8. The lowest BCUT2D eigenvalue weighted by molar-refractivity contribution is -0.143. The maximum atomic E-state index is 11.1. The molecule has 0 aromatic carbocycles. The molecule has 132 valence electrons. The lowest BCUT2D eigenvalue weighted by atomic mass is 10.1. The van der Waals surface area contributed by atoms with E-state index in [4.69, 9.17) is 14.2 Å². The molecule has 0 amide bonds. The van der Waals surface area contributed by atoms with E-state index in [9.17, 15) is 4.79 Å².